The molecule has 0 fully saturated rings. The molecule has 2 aliphatic heterocycles. The van der Waals surface area contributed by atoms with Gasteiger partial charge in [-0.15, -0.1) is 0 Å². The van der Waals surface area contributed by atoms with Crippen molar-refractivity contribution in [3.8, 4) is 0 Å². The summed E-state index contributed by atoms with van der Waals surface area (Å²) in [5.74, 6) is -0.549. The predicted octanol–water partition coefficient (Wildman–Crippen LogP) is -2.13. The van der Waals surface area contributed by atoms with E-state index in [1.807, 2.05) is 0 Å². The number of fused-ring (bicyclic) bond motifs is 4. The molecule has 2 unspecified atom stereocenters. The van der Waals surface area contributed by atoms with Gasteiger partial charge in [-0.3, -0.25) is 0 Å². The number of aromatic nitrogens is 3. The lowest BCUT2D eigenvalue weighted by atomic mass is 10.0. The van der Waals surface area contributed by atoms with E-state index in [-0.39, 0.29) is 0 Å². The van der Waals surface area contributed by atoms with Gasteiger partial charge in [0.15, 0.2) is 11.8 Å². The van der Waals surface area contributed by atoms with E-state index < -0.39 is 29.2 Å². The van der Waals surface area contributed by atoms with Crippen LogP contribution in [0.2, 0.25) is 0 Å². The summed E-state index contributed by atoms with van der Waals surface area (Å²) in [6.07, 6.45) is 3.50. The van der Waals surface area contributed by atoms with Crippen LogP contribution < -0.4 is 16.7 Å². The fourth-order valence-electron chi connectivity index (χ4n) is 2.34. The van der Waals surface area contributed by atoms with Crippen LogP contribution in [0.5, 0.6) is 0 Å². The van der Waals surface area contributed by atoms with Crippen LogP contribution in [0.3, 0.4) is 0 Å². The van der Waals surface area contributed by atoms with Gasteiger partial charge in [-0.1, -0.05) is 0 Å². The molecule has 1 N–H and O–H groups in total. The van der Waals surface area contributed by atoms with Crippen molar-refractivity contribution in [3.05, 3.63) is 33.1 Å². The van der Waals surface area contributed by atoms with Gasteiger partial charge in [0.25, 0.3) is 0 Å². The third kappa shape index (κ3) is 1.18. The van der Waals surface area contributed by atoms with Crippen molar-refractivity contribution in [1.82, 2.24) is 19.2 Å². The Morgan fingerprint density at radius 3 is 2.95 bits per heavy atom. The zero-order valence-corrected chi connectivity index (χ0v) is 10.2. The van der Waals surface area contributed by atoms with Crippen LogP contribution in [0.25, 0.3) is 0 Å². The zero-order chi connectivity index (χ0) is 13.8. The predicted molar refractivity (Wildman–Crippen MR) is 63.7 cm³/mol. The molecule has 100 valence electrons. The van der Waals surface area contributed by atoms with E-state index in [1.165, 1.54) is 42.0 Å². The molecule has 0 saturated heterocycles. The number of rotatable bonds is 2. The molecule has 0 bridgehead atoms. The molecule has 1 aromatic heterocycles. The van der Waals surface area contributed by atoms with Gasteiger partial charge in [-0.25, -0.2) is 23.9 Å². The highest BCUT2D eigenvalue weighted by Gasteiger charge is 2.56. The zero-order valence-electron chi connectivity index (χ0n) is 10.2. The monoisotopic (exact) mass is 265 g/mol. The third-order valence-electron chi connectivity index (χ3n) is 3.33. The number of carbonyl (C=O) groups is 1. The highest BCUT2D eigenvalue weighted by Crippen LogP contribution is 2.39. The summed E-state index contributed by atoms with van der Waals surface area (Å²) in [5.41, 5.74) is -1.93. The Balaban J connectivity index is 2.15. The van der Waals surface area contributed by atoms with Crippen molar-refractivity contribution in [2.24, 2.45) is 12.0 Å². The summed E-state index contributed by atoms with van der Waals surface area (Å²) in [6.45, 7) is 0. The summed E-state index contributed by atoms with van der Waals surface area (Å²) >= 11 is 0. The van der Waals surface area contributed by atoms with Crippen molar-refractivity contribution < 1.29 is 9.53 Å². The number of carbonyl (C=O) groups excluding carboxylic acids is 1. The number of nitrogens with zero attached hydrogens (tertiary/aromatic N) is 4. The molecule has 9 nitrogen and oxygen atoms in total. The molecule has 1 aromatic rings. The van der Waals surface area contributed by atoms with Crippen LogP contribution in [-0.2, 0) is 22.2 Å². The maximum absolute atomic E-state index is 12.0. The summed E-state index contributed by atoms with van der Waals surface area (Å²) in [5, 5.41) is 2.89. The number of nitrogens with one attached hydrogen (secondary N) is 1. The van der Waals surface area contributed by atoms with Crippen LogP contribution in [0.15, 0.2) is 26.7 Å². The van der Waals surface area contributed by atoms with Crippen LogP contribution in [0.4, 0.5) is 0 Å². The van der Waals surface area contributed by atoms with Crippen molar-refractivity contribution >= 4 is 12.3 Å². The van der Waals surface area contributed by atoms with Gasteiger partial charge < -0.3 is 10.1 Å². The van der Waals surface area contributed by atoms with Crippen LogP contribution >= 0.6 is 0 Å². The molecule has 9 heteroatoms. The average Bonchev–Trinajstić information content (AvgIpc) is 2.83. The van der Waals surface area contributed by atoms with E-state index in [4.69, 9.17) is 0 Å². The molecular formula is C10H11N5O4. The Morgan fingerprint density at radius 1 is 1.53 bits per heavy atom. The summed E-state index contributed by atoms with van der Waals surface area (Å²) in [7, 11) is 2.64. The van der Waals surface area contributed by atoms with Gasteiger partial charge in [0.1, 0.15) is 0 Å². The molecule has 0 aliphatic carbocycles. The number of aliphatic imine (C=N–C) groups is 1. The van der Waals surface area contributed by atoms with Crippen molar-refractivity contribution in [2.75, 3.05) is 7.11 Å². The first kappa shape index (κ1) is 11.5. The van der Waals surface area contributed by atoms with Gasteiger partial charge in [-0.05, 0) is 6.08 Å². The Hall–Kier alpha value is -2.58. The van der Waals surface area contributed by atoms with E-state index in [0.29, 0.717) is 0 Å². The first-order valence-electron chi connectivity index (χ1n) is 5.50. The number of hydrogen-bond acceptors (Lipinski definition) is 6. The lowest BCUT2D eigenvalue weighted by Crippen LogP contribution is -2.64. The molecule has 0 amide bonds. The van der Waals surface area contributed by atoms with Crippen LogP contribution in [-0.4, -0.2) is 33.3 Å². The minimum Gasteiger partial charge on any atom is -0.466 e. The highest BCUT2D eigenvalue weighted by atomic mass is 16.5. The van der Waals surface area contributed by atoms with Gasteiger partial charge in [-0.2, -0.15) is 9.36 Å². The normalized spacial score (nSPS) is 26.7. The Bertz CT molecular complexity index is 736. The summed E-state index contributed by atoms with van der Waals surface area (Å²) in [6, 6.07) is 0. The molecule has 0 aromatic carbocycles. The fourth-order valence-corrected chi connectivity index (χ4v) is 2.34. The van der Waals surface area contributed by atoms with Gasteiger partial charge in [0.05, 0.1) is 13.4 Å². The Kier molecular flexibility index (Phi) is 2.10. The lowest BCUT2D eigenvalue weighted by Gasteiger charge is -2.42. The maximum atomic E-state index is 12.0. The topological polar surface area (TPSA) is 99.6 Å². The van der Waals surface area contributed by atoms with Crippen molar-refractivity contribution in [1.29, 1.82) is 0 Å². The largest absolute Gasteiger partial charge is 0.466 e. The lowest BCUT2D eigenvalue weighted by molar-refractivity contribution is -0.134. The molecule has 0 saturated carbocycles. The first-order chi connectivity index (χ1) is 9.03. The van der Waals surface area contributed by atoms with Crippen molar-refractivity contribution in [2.45, 2.75) is 11.8 Å². The quantitative estimate of drug-likeness (QED) is 0.486. The Labute approximate surface area is 106 Å². The fraction of sp³-hybridized carbons (Fsp3) is 0.400. The maximum Gasteiger partial charge on any atom is 0.349 e. The third-order valence-corrected chi connectivity index (χ3v) is 3.33. The van der Waals surface area contributed by atoms with E-state index in [2.05, 4.69) is 15.0 Å². The molecule has 3 heterocycles. The highest BCUT2D eigenvalue weighted by molar-refractivity contribution is 5.82. The molecule has 0 radical (unpaired) electrons. The van der Waals surface area contributed by atoms with E-state index in [0.717, 1.165) is 4.57 Å². The van der Waals surface area contributed by atoms with Crippen LogP contribution in [0, 0.1) is 0 Å². The number of ether oxygens (including phenoxy) is 1. The van der Waals surface area contributed by atoms with Crippen molar-refractivity contribution in [3.63, 3.8) is 0 Å². The standard InChI is InChI=1S/C10H11N5O4/c1-13-8(17)14-7-10(12-5-11-7,15(14)9(13)18)4-3-6(16)19-2/h3-5,7H,1-2H3,(H,11,12)/b4-3+. The molecular weight excluding hydrogens is 254 g/mol. The second-order valence-electron chi connectivity index (χ2n) is 4.26. The molecule has 0 spiro atoms. The van der Waals surface area contributed by atoms with Crippen LogP contribution in [0.1, 0.15) is 6.17 Å². The SMILES string of the molecule is COC(=O)/C=C/C12NC=NC1n1c(=O)n(C)c(=O)n12. The second kappa shape index (κ2) is 3.46. The Morgan fingerprint density at radius 2 is 2.26 bits per heavy atom. The van der Waals surface area contributed by atoms with Gasteiger partial charge in [0, 0.05) is 13.1 Å². The summed E-state index contributed by atoms with van der Waals surface area (Å²) < 4.78 is 7.96. The van der Waals surface area contributed by atoms with E-state index >= 15 is 0 Å². The van der Waals surface area contributed by atoms with E-state index in [1.54, 1.807) is 0 Å². The number of methoxy groups -OCH3 is 1. The minimum atomic E-state index is -1.01. The first-order valence-corrected chi connectivity index (χ1v) is 5.50. The number of hydrogen-bond donors (Lipinski definition) is 1. The minimum absolute atomic E-state index is 0.446. The molecule has 2 aliphatic rings. The van der Waals surface area contributed by atoms with E-state index in [9.17, 15) is 14.4 Å². The smallest absolute Gasteiger partial charge is 0.349 e. The molecule has 2 atom stereocenters. The second-order valence-corrected chi connectivity index (χ2v) is 4.26. The summed E-state index contributed by atoms with van der Waals surface area (Å²) in [4.78, 5) is 39.1. The van der Waals surface area contributed by atoms with Gasteiger partial charge in [0.2, 0.25) is 0 Å². The molecule has 19 heavy (non-hydrogen) atoms. The average molecular weight is 265 g/mol. The van der Waals surface area contributed by atoms with Gasteiger partial charge >= 0.3 is 17.3 Å². The molecule has 3 rings (SSSR count). The number of esters is 1.